The van der Waals surface area contributed by atoms with Gasteiger partial charge < -0.3 is 4.90 Å². The number of thioether (sulfide) groups is 1. The number of hydrogen-bond acceptors (Lipinski definition) is 4. The standard InChI is InChI=1S/C14H21NO2S2/c1-3-12-11-15(9-10-18-12)13-7-5-6-8-14(13)19(16,17)4-2/h5-8,12H,3-4,9-11H2,1-2H3/t12-/m1/s1. The molecule has 1 aliphatic heterocycles. The predicted octanol–water partition coefficient (Wildman–Crippen LogP) is 2.81. The molecule has 1 saturated heterocycles. The molecule has 19 heavy (non-hydrogen) atoms. The van der Waals surface area contributed by atoms with Gasteiger partial charge in [0.1, 0.15) is 0 Å². The van der Waals surface area contributed by atoms with Gasteiger partial charge in [-0.05, 0) is 18.6 Å². The van der Waals surface area contributed by atoms with E-state index in [9.17, 15) is 8.42 Å². The zero-order chi connectivity index (χ0) is 13.9. The molecule has 2 rings (SSSR count). The Balaban J connectivity index is 2.35. The molecular weight excluding hydrogens is 278 g/mol. The van der Waals surface area contributed by atoms with Gasteiger partial charge in [0.25, 0.3) is 0 Å². The Labute approximate surface area is 120 Å². The highest BCUT2D eigenvalue weighted by atomic mass is 32.2. The summed E-state index contributed by atoms with van der Waals surface area (Å²) in [5, 5.41) is 0.603. The first kappa shape index (κ1) is 14.7. The zero-order valence-corrected chi connectivity index (χ0v) is 13.1. The van der Waals surface area contributed by atoms with Gasteiger partial charge in [-0.25, -0.2) is 8.42 Å². The third kappa shape index (κ3) is 3.26. The van der Waals surface area contributed by atoms with E-state index in [0.29, 0.717) is 10.1 Å². The summed E-state index contributed by atoms with van der Waals surface area (Å²) < 4.78 is 24.4. The first-order valence-corrected chi connectivity index (χ1v) is 9.47. The Morgan fingerprint density at radius 1 is 1.32 bits per heavy atom. The second kappa shape index (κ2) is 6.18. The molecule has 0 saturated carbocycles. The average molecular weight is 299 g/mol. The van der Waals surface area contributed by atoms with Crippen LogP contribution in [0.3, 0.4) is 0 Å². The summed E-state index contributed by atoms with van der Waals surface area (Å²) in [6.45, 7) is 5.76. The lowest BCUT2D eigenvalue weighted by molar-refractivity contribution is 0.596. The molecule has 0 aromatic heterocycles. The molecule has 0 spiro atoms. The van der Waals surface area contributed by atoms with E-state index in [1.165, 1.54) is 0 Å². The molecule has 1 aliphatic rings. The van der Waals surface area contributed by atoms with Gasteiger partial charge in [-0.3, -0.25) is 0 Å². The van der Waals surface area contributed by atoms with Crippen LogP contribution in [0, 0.1) is 0 Å². The average Bonchev–Trinajstić information content (AvgIpc) is 2.47. The van der Waals surface area contributed by atoms with Gasteiger partial charge in [-0.15, -0.1) is 0 Å². The number of anilines is 1. The normalized spacial score (nSPS) is 20.5. The number of rotatable bonds is 4. The van der Waals surface area contributed by atoms with Gasteiger partial charge >= 0.3 is 0 Å². The highest BCUT2D eigenvalue weighted by molar-refractivity contribution is 8.00. The van der Waals surface area contributed by atoms with Crippen LogP contribution in [0.5, 0.6) is 0 Å². The van der Waals surface area contributed by atoms with Gasteiger partial charge in [0.15, 0.2) is 9.84 Å². The van der Waals surface area contributed by atoms with Crippen molar-refractivity contribution in [2.24, 2.45) is 0 Å². The van der Waals surface area contributed by atoms with Crippen molar-refractivity contribution in [2.45, 2.75) is 30.4 Å². The molecule has 5 heteroatoms. The third-order valence-corrected chi connectivity index (χ3v) is 6.66. The Kier molecular flexibility index (Phi) is 4.79. The van der Waals surface area contributed by atoms with Crippen LogP contribution < -0.4 is 4.90 Å². The second-order valence-electron chi connectivity index (χ2n) is 4.72. The summed E-state index contributed by atoms with van der Waals surface area (Å²) in [7, 11) is -3.15. The predicted molar refractivity (Wildman–Crippen MR) is 82.9 cm³/mol. The van der Waals surface area contributed by atoms with Crippen molar-refractivity contribution in [1.82, 2.24) is 0 Å². The highest BCUT2D eigenvalue weighted by Gasteiger charge is 2.24. The topological polar surface area (TPSA) is 37.4 Å². The number of hydrogen-bond donors (Lipinski definition) is 0. The maximum Gasteiger partial charge on any atom is 0.180 e. The largest absolute Gasteiger partial charge is 0.369 e. The van der Waals surface area contributed by atoms with E-state index >= 15 is 0 Å². The van der Waals surface area contributed by atoms with Gasteiger partial charge in [0.2, 0.25) is 0 Å². The molecule has 1 fully saturated rings. The van der Waals surface area contributed by atoms with Gasteiger partial charge in [-0.2, -0.15) is 11.8 Å². The molecule has 106 valence electrons. The Hall–Kier alpha value is -0.680. The van der Waals surface area contributed by atoms with Crippen molar-refractivity contribution < 1.29 is 8.42 Å². The lowest BCUT2D eigenvalue weighted by atomic mass is 10.2. The quantitative estimate of drug-likeness (QED) is 0.857. The molecular formula is C14H21NO2S2. The monoisotopic (exact) mass is 299 g/mol. The number of para-hydroxylation sites is 1. The van der Waals surface area contributed by atoms with E-state index in [4.69, 9.17) is 0 Å². The smallest absolute Gasteiger partial charge is 0.180 e. The Morgan fingerprint density at radius 3 is 2.74 bits per heavy atom. The molecule has 1 aromatic carbocycles. The van der Waals surface area contributed by atoms with Crippen molar-refractivity contribution in [2.75, 3.05) is 29.5 Å². The summed E-state index contributed by atoms with van der Waals surface area (Å²) in [5.74, 6) is 1.23. The van der Waals surface area contributed by atoms with Crippen LogP contribution in [-0.4, -0.2) is 38.3 Å². The van der Waals surface area contributed by atoms with Crippen LogP contribution in [0.1, 0.15) is 20.3 Å². The van der Waals surface area contributed by atoms with Gasteiger partial charge in [0.05, 0.1) is 16.3 Å². The summed E-state index contributed by atoms with van der Waals surface area (Å²) in [6.07, 6.45) is 1.13. The van der Waals surface area contributed by atoms with Crippen LogP contribution in [0.15, 0.2) is 29.2 Å². The Bertz CT molecular complexity index is 528. The molecule has 3 nitrogen and oxygen atoms in total. The lowest BCUT2D eigenvalue weighted by Crippen LogP contribution is -2.38. The molecule has 0 radical (unpaired) electrons. The SMILES string of the molecule is CC[C@@H]1CN(c2ccccc2S(=O)(=O)CC)CCS1. The Morgan fingerprint density at radius 2 is 2.05 bits per heavy atom. The van der Waals surface area contributed by atoms with E-state index in [1.807, 2.05) is 30.0 Å². The van der Waals surface area contributed by atoms with Crippen LogP contribution >= 0.6 is 11.8 Å². The molecule has 0 bridgehead atoms. The van der Waals surface area contributed by atoms with Crippen LogP contribution in [0.4, 0.5) is 5.69 Å². The first-order chi connectivity index (χ1) is 9.08. The third-order valence-electron chi connectivity index (χ3n) is 3.52. The second-order valence-corrected chi connectivity index (χ2v) is 8.37. The molecule has 1 atom stereocenters. The fourth-order valence-electron chi connectivity index (χ4n) is 2.32. The minimum Gasteiger partial charge on any atom is -0.369 e. The summed E-state index contributed by atoms with van der Waals surface area (Å²) in [4.78, 5) is 2.71. The van der Waals surface area contributed by atoms with Crippen LogP contribution in [-0.2, 0) is 9.84 Å². The molecule has 0 amide bonds. The van der Waals surface area contributed by atoms with E-state index in [-0.39, 0.29) is 5.75 Å². The molecule has 1 heterocycles. The fourth-order valence-corrected chi connectivity index (χ4v) is 4.61. The summed E-state index contributed by atoms with van der Waals surface area (Å²) in [5.41, 5.74) is 0.878. The molecule has 0 N–H and O–H groups in total. The van der Waals surface area contributed by atoms with Crippen molar-refractivity contribution in [3.63, 3.8) is 0 Å². The van der Waals surface area contributed by atoms with E-state index < -0.39 is 9.84 Å². The minimum atomic E-state index is -3.15. The number of benzene rings is 1. The summed E-state index contributed by atoms with van der Waals surface area (Å²) in [6, 6.07) is 7.40. The maximum atomic E-state index is 12.2. The number of sulfone groups is 1. The van der Waals surface area contributed by atoms with Gasteiger partial charge in [-0.1, -0.05) is 26.0 Å². The number of nitrogens with zero attached hydrogens (tertiary/aromatic N) is 1. The van der Waals surface area contributed by atoms with Crippen LogP contribution in [0.25, 0.3) is 0 Å². The fraction of sp³-hybridized carbons (Fsp3) is 0.571. The summed E-state index contributed by atoms with van der Waals surface area (Å²) >= 11 is 1.99. The maximum absolute atomic E-state index is 12.2. The van der Waals surface area contributed by atoms with Crippen molar-refractivity contribution >= 4 is 27.3 Å². The molecule has 0 aliphatic carbocycles. The first-order valence-electron chi connectivity index (χ1n) is 6.76. The van der Waals surface area contributed by atoms with Crippen molar-refractivity contribution in [3.8, 4) is 0 Å². The zero-order valence-electron chi connectivity index (χ0n) is 11.5. The van der Waals surface area contributed by atoms with E-state index in [0.717, 1.165) is 31.0 Å². The molecule has 1 aromatic rings. The van der Waals surface area contributed by atoms with Gasteiger partial charge in [0, 0.05) is 24.1 Å². The highest BCUT2D eigenvalue weighted by Crippen LogP contribution is 2.30. The van der Waals surface area contributed by atoms with Crippen molar-refractivity contribution in [1.29, 1.82) is 0 Å². The lowest BCUT2D eigenvalue weighted by Gasteiger charge is -2.34. The van der Waals surface area contributed by atoms with E-state index in [2.05, 4.69) is 11.8 Å². The van der Waals surface area contributed by atoms with E-state index in [1.54, 1.807) is 13.0 Å². The van der Waals surface area contributed by atoms with Crippen LogP contribution in [0.2, 0.25) is 0 Å². The minimum absolute atomic E-state index is 0.157. The van der Waals surface area contributed by atoms with Crippen molar-refractivity contribution in [3.05, 3.63) is 24.3 Å². The molecule has 0 unspecified atom stereocenters.